The molecule has 10 heteroatoms. The van der Waals surface area contributed by atoms with E-state index in [2.05, 4.69) is 20.3 Å². The van der Waals surface area contributed by atoms with E-state index in [9.17, 15) is 4.79 Å². The first kappa shape index (κ1) is 21.1. The molecule has 0 aliphatic rings. The highest BCUT2D eigenvalue weighted by Gasteiger charge is 2.24. The van der Waals surface area contributed by atoms with Gasteiger partial charge in [0.15, 0.2) is 0 Å². The van der Waals surface area contributed by atoms with Gasteiger partial charge in [0.2, 0.25) is 5.82 Å². The molecule has 0 aliphatic carbocycles. The van der Waals surface area contributed by atoms with E-state index in [1.165, 1.54) is 6.20 Å². The fraction of sp³-hybridized carbons (Fsp3) is 0.0870. The van der Waals surface area contributed by atoms with Crippen molar-refractivity contribution in [3.05, 3.63) is 88.0 Å². The van der Waals surface area contributed by atoms with Gasteiger partial charge in [-0.3, -0.25) is 4.79 Å². The van der Waals surface area contributed by atoms with Gasteiger partial charge in [0, 0.05) is 39.9 Å². The third-order valence-electron chi connectivity index (χ3n) is 5.11. The van der Waals surface area contributed by atoms with Crippen LogP contribution in [0.15, 0.2) is 65.4 Å². The second-order valence-electron chi connectivity index (χ2n) is 7.15. The third kappa shape index (κ3) is 4.06. The molecule has 0 saturated carbocycles. The molecule has 0 unspecified atom stereocenters. The Morgan fingerprint density at radius 3 is 2.79 bits per heavy atom. The van der Waals surface area contributed by atoms with E-state index in [1.54, 1.807) is 43.6 Å². The zero-order chi connectivity index (χ0) is 22.9. The van der Waals surface area contributed by atoms with E-state index in [0.29, 0.717) is 39.0 Å². The summed E-state index contributed by atoms with van der Waals surface area (Å²) in [5.74, 6) is 0.226. The van der Waals surface area contributed by atoms with Crippen molar-refractivity contribution in [2.24, 2.45) is 0 Å². The van der Waals surface area contributed by atoms with Gasteiger partial charge in [-0.25, -0.2) is 0 Å². The van der Waals surface area contributed by atoms with Gasteiger partial charge in [0.25, 0.3) is 11.7 Å². The standard InChI is InChI=1S/C23H15Cl2N5O3/c1-32-15-6-7-20-16(10-15)17(12-30(20)11-13-4-5-14(24)9-18(13)25)21(31)23-27-22(29-33-23)19-3-2-8-26-28-19/h2-10,12H,11H2,1H3. The van der Waals surface area contributed by atoms with Gasteiger partial charge in [0.05, 0.1) is 12.7 Å². The molecule has 0 radical (unpaired) electrons. The van der Waals surface area contributed by atoms with E-state index >= 15 is 0 Å². The maximum absolute atomic E-state index is 13.4. The Kier molecular flexibility index (Phi) is 5.53. The summed E-state index contributed by atoms with van der Waals surface area (Å²) < 4.78 is 12.5. The summed E-state index contributed by atoms with van der Waals surface area (Å²) in [5.41, 5.74) is 2.47. The van der Waals surface area contributed by atoms with E-state index in [0.717, 1.165) is 11.1 Å². The summed E-state index contributed by atoms with van der Waals surface area (Å²) in [5, 5.41) is 13.4. The second-order valence-corrected chi connectivity index (χ2v) is 7.99. The molecule has 8 nitrogen and oxygen atoms in total. The van der Waals surface area contributed by atoms with Crippen LogP contribution >= 0.6 is 23.2 Å². The first-order valence-electron chi connectivity index (χ1n) is 9.81. The Morgan fingerprint density at radius 2 is 2.03 bits per heavy atom. The zero-order valence-corrected chi connectivity index (χ0v) is 18.7. The Hall–Kier alpha value is -3.75. The summed E-state index contributed by atoms with van der Waals surface area (Å²) in [7, 11) is 1.57. The molecule has 5 rings (SSSR count). The third-order valence-corrected chi connectivity index (χ3v) is 5.70. The minimum atomic E-state index is -0.420. The van der Waals surface area contributed by atoms with Crippen molar-refractivity contribution < 1.29 is 14.1 Å². The van der Waals surface area contributed by atoms with Crippen LogP contribution in [0.25, 0.3) is 22.4 Å². The quantitative estimate of drug-likeness (QED) is 0.313. The number of carbonyl (C=O) groups is 1. The van der Waals surface area contributed by atoms with E-state index in [-0.39, 0.29) is 11.7 Å². The molecule has 0 atom stereocenters. The number of nitrogens with zero attached hydrogens (tertiary/aromatic N) is 5. The molecule has 0 spiro atoms. The van der Waals surface area contributed by atoms with Crippen molar-refractivity contribution in [3.8, 4) is 17.3 Å². The molecular formula is C23H15Cl2N5O3. The number of aromatic nitrogens is 5. The van der Waals surface area contributed by atoms with Crippen LogP contribution in [0.1, 0.15) is 21.8 Å². The number of ketones is 1. The predicted octanol–water partition coefficient (Wildman–Crippen LogP) is 5.08. The van der Waals surface area contributed by atoms with Crippen LogP contribution in [0.5, 0.6) is 5.75 Å². The van der Waals surface area contributed by atoms with Crippen molar-refractivity contribution in [2.45, 2.75) is 6.54 Å². The summed E-state index contributed by atoms with van der Waals surface area (Å²) in [6.07, 6.45) is 3.27. The largest absolute Gasteiger partial charge is 0.497 e. The lowest BCUT2D eigenvalue weighted by Crippen LogP contribution is -2.02. The predicted molar refractivity (Wildman–Crippen MR) is 123 cm³/mol. The lowest BCUT2D eigenvalue weighted by atomic mass is 10.1. The maximum atomic E-state index is 13.4. The molecule has 3 heterocycles. The first-order valence-corrected chi connectivity index (χ1v) is 10.6. The monoisotopic (exact) mass is 479 g/mol. The molecule has 5 aromatic rings. The molecule has 0 amide bonds. The number of halogens is 2. The van der Waals surface area contributed by atoms with Gasteiger partial charge in [-0.2, -0.15) is 10.1 Å². The van der Waals surface area contributed by atoms with Crippen molar-refractivity contribution >= 4 is 39.9 Å². The fourth-order valence-corrected chi connectivity index (χ4v) is 3.97. The lowest BCUT2D eigenvalue weighted by Gasteiger charge is -2.08. The highest BCUT2D eigenvalue weighted by atomic mass is 35.5. The highest BCUT2D eigenvalue weighted by Crippen LogP contribution is 2.30. The Bertz CT molecular complexity index is 1480. The molecule has 0 saturated heterocycles. The van der Waals surface area contributed by atoms with Gasteiger partial charge >= 0.3 is 0 Å². The Labute approximate surface area is 197 Å². The molecular weight excluding hydrogens is 465 g/mol. The summed E-state index contributed by atoms with van der Waals surface area (Å²) in [6.45, 7) is 0.431. The van der Waals surface area contributed by atoms with Crippen molar-refractivity contribution in [1.82, 2.24) is 24.9 Å². The van der Waals surface area contributed by atoms with Crippen molar-refractivity contribution in [3.63, 3.8) is 0 Å². The molecule has 0 aliphatic heterocycles. The van der Waals surface area contributed by atoms with Gasteiger partial charge in [-0.1, -0.05) is 34.4 Å². The van der Waals surface area contributed by atoms with Crippen LogP contribution in [0.3, 0.4) is 0 Å². The topological polar surface area (TPSA) is 95.9 Å². The van der Waals surface area contributed by atoms with Gasteiger partial charge in [0.1, 0.15) is 11.4 Å². The number of benzene rings is 2. The molecule has 0 fully saturated rings. The summed E-state index contributed by atoms with van der Waals surface area (Å²) >= 11 is 12.4. The molecule has 33 heavy (non-hydrogen) atoms. The Balaban J connectivity index is 1.57. The number of rotatable bonds is 6. The normalized spacial score (nSPS) is 11.1. The minimum Gasteiger partial charge on any atom is -0.497 e. The molecule has 0 N–H and O–H groups in total. The lowest BCUT2D eigenvalue weighted by molar-refractivity contribution is 0.0995. The van der Waals surface area contributed by atoms with Crippen LogP contribution in [0.4, 0.5) is 0 Å². The van der Waals surface area contributed by atoms with Crippen molar-refractivity contribution in [2.75, 3.05) is 7.11 Å². The Morgan fingerprint density at radius 1 is 1.15 bits per heavy atom. The van der Waals surface area contributed by atoms with Crippen LogP contribution in [0, 0.1) is 0 Å². The van der Waals surface area contributed by atoms with E-state index in [4.69, 9.17) is 32.5 Å². The number of carbonyl (C=O) groups excluding carboxylic acids is 1. The highest BCUT2D eigenvalue weighted by molar-refractivity contribution is 6.35. The van der Waals surface area contributed by atoms with Crippen LogP contribution in [0.2, 0.25) is 10.0 Å². The van der Waals surface area contributed by atoms with Crippen LogP contribution in [-0.4, -0.2) is 37.8 Å². The van der Waals surface area contributed by atoms with Crippen molar-refractivity contribution in [1.29, 1.82) is 0 Å². The molecule has 0 bridgehead atoms. The molecule has 2 aromatic carbocycles. The molecule has 3 aromatic heterocycles. The number of hydrogen-bond donors (Lipinski definition) is 0. The van der Waals surface area contributed by atoms with Gasteiger partial charge in [-0.05, 0) is 48.0 Å². The number of hydrogen-bond acceptors (Lipinski definition) is 7. The van der Waals surface area contributed by atoms with Crippen LogP contribution < -0.4 is 4.74 Å². The number of ether oxygens (including phenoxy) is 1. The zero-order valence-electron chi connectivity index (χ0n) is 17.2. The first-order chi connectivity index (χ1) is 16.0. The molecule has 164 valence electrons. The average Bonchev–Trinajstić information content (AvgIpc) is 3.46. The number of methoxy groups -OCH3 is 1. The van der Waals surface area contributed by atoms with Gasteiger partial charge < -0.3 is 13.8 Å². The smallest absolute Gasteiger partial charge is 0.299 e. The SMILES string of the molecule is COc1ccc2c(c1)c(C(=O)c1nc(-c3cccnn3)no1)cn2Cc1ccc(Cl)cc1Cl. The van der Waals surface area contributed by atoms with Crippen LogP contribution in [-0.2, 0) is 6.54 Å². The second kappa shape index (κ2) is 8.65. The maximum Gasteiger partial charge on any atom is 0.299 e. The fourth-order valence-electron chi connectivity index (χ4n) is 3.50. The summed E-state index contributed by atoms with van der Waals surface area (Å²) in [4.78, 5) is 17.6. The summed E-state index contributed by atoms with van der Waals surface area (Å²) in [6, 6.07) is 14.2. The van der Waals surface area contributed by atoms with E-state index in [1.807, 2.05) is 22.8 Å². The minimum absolute atomic E-state index is 0.151. The van der Waals surface area contributed by atoms with E-state index < -0.39 is 5.78 Å². The number of fused-ring (bicyclic) bond motifs is 1. The van der Waals surface area contributed by atoms with Gasteiger partial charge in [-0.15, -0.1) is 5.10 Å². The average molecular weight is 480 g/mol.